The molecule has 0 saturated carbocycles. The van der Waals surface area contributed by atoms with E-state index in [9.17, 15) is 0 Å². The van der Waals surface area contributed by atoms with Crippen LogP contribution in [0.25, 0.3) is 0 Å². The number of rotatable bonds is 7. The molecule has 0 radical (unpaired) electrons. The first-order valence-electron chi connectivity index (χ1n) is 7.61. The monoisotopic (exact) mass is 283 g/mol. The lowest BCUT2D eigenvalue weighted by Crippen LogP contribution is -2.17. The maximum absolute atomic E-state index is 4.56. The highest BCUT2D eigenvalue weighted by Crippen LogP contribution is 2.15. The molecule has 0 bridgehead atoms. The quantitative estimate of drug-likeness (QED) is 0.788. The molecule has 0 amide bonds. The van der Waals surface area contributed by atoms with E-state index in [-0.39, 0.29) is 0 Å². The van der Waals surface area contributed by atoms with Crippen molar-refractivity contribution in [2.75, 3.05) is 18.5 Å². The number of hydrogen-bond donors (Lipinski definition) is 1. The Morgan fingerprint density at radius 2 is 1.86 bits per heavy atom. The maximum Gasteiger partial charge on any atom is 0.0598 e. The molecule has 0 spiro atoms. The van der Waals surface area contributed by atoms with Gasteiger partial charge in [-0.3, -0.25) is 4.98 Å². The van der Waals surface area contributed by atoms with Crippen molar-refractivity contribution in [2.45, 2.75) is 33.4 Å². The Morgan fingerprint density at radius 1 is 1.10 bits per heavy atom. The summed E-state index contributed by atoms with van der Waals surface area (Å²) in [5.41, 5.74) is 4.84. The Balaban J connectivity index is 1.91. The second-order valence-electron chi connectivity index (χ2n) is 5.53. The summed E-state index contributed by atoms with van der Waals surface area (Å²) in [6.07, 6.45) is 3.13. The van der Waals surface area contributed by atoms with Gasteiger partial charge in [0.15, 0.2) is 0 Å². The molecule has 1 aromatic heterocycles. The van der Waals surface area contributed by atoms with E-state index in [1.54, 1.807) is 0 Å². The van der Waals surface area contributed by atoms with Gasteiger partial charge in [0.1, 0.15) is 0 Å². The smallest absolute Gasteiger partial charge is 0.0598 e. The van der Waals surface area contributed by atoms with Gasteiger partial charge in [0.05, 0.1) is 12.2 Å². The van der Waals surface area contributed by atoms with Crippen LogP contribution in [0, 0.1) is 6.92 Å². The Kier molecular flexibility index (Phi) is 5.76. The van der Waals surface area contributed by atoms with E-state index >= 15 is 0 Å². The van der Waals surface area contributed by atoms with E-state index in [1.165, 1.54) is 16.8 Å². The average Bonchev–Trinajstić information content (AvgIpc) is 2.50. The second-order valence-corrected chi connectivity index (χ2v) is 5.53. The second kappa shape index (κ2) is 7.79. The lowest BCUT2D eigenvalue weighted by Gasteiger charge is -2.19. The van der Waals surface area contributed by atoms with Gasteiger partial charge >= 0.3 is 0 Å². The molecule has 1 aromatic carbocycles. The highest BCUT2D eigenvalue weighted by molar-refractivity contribution is 5.46. The summed E-state index contributed by atoms with van der Waals surface area (Å²) < 4.78 is 0. The summed E-state index contributed by atoms with van der Waals surface area (Å²) in [6, 6.07) is 12.9. The molecule has 0 aliphatic heterocycles. The molecule has 1 N–H and O–H groups in total. The number of pyridine rings is 1. The minimum Gasteiger partial charge on any atom is -0.369 e. The maximum atomic E-state index is 4.56. The van der Waals surface area contributed by atoms with Gasteiger partial charge in [0.2, 0.25) is 0 Å². The number of anilines is 1. The van der Waals surface area contributed by atoms with Crippen molar-refractivity contribution in [1.82, 2.24) is 10.3 Å². The van der Waals surface area contributed by atoms with Crippen molar-refractivity contribution in [1.29, 1.82) is 0 Å². The van der Waals surface area contributed by atoms with E-state index in [4.69, 9.17) is 0 Å². The Bertz CT molecular complexity index is 531. The predicted molar refractivity (Wildman–Crippen MR) is 89.5 cm³/mol. The van der Waals surface area contributed by atoms with Crippen molar-refractivity contribution in [3.8, 4) is 0 Å². The molecule has 112 valence electrons. The highest BCUT2D eigenvalue weighted by Gasteiger charge is 2.03. The van der Waals surface area contributed by atoms with Crippen LogP contribution in [0.3, 0.4) is 0 Å². The van der Waals surface area contributed by atoms with Crippen LogP contribution in [0.5, 0.6) is 0 Å². The standard InChI is InChI=1S/C18H25N3/c1-4-11-19-12-16-7-8-17(20-13-16)14-21(3)18-9-5-15(2)6-10-18/h5-10,13,19H,4,11-12,14H2,1-3H3. The van der Waals surface area contributed by atoms with Crippen molar-refractivity contribution < 1.29 is 0 Å². The van der Waals surface area contributed by atoms with E-state index in [0.29, 0.717) is 0 Å². The Morgan fingerprint density at radius 3 is 2.48 bits per heavy atom. The number of nitrogens with one attached hydrogen (secondary N) is 1. The molecule has 0 atom stereocenters. The van der Waals surface area contributed by atoms with Crippen molar-refractivity contribution >= 4 is 5.69 Å². The van der Waals surface area contributed by atoms with Gasteiger partial charge < -0.3 is 10.2 Å². The number of aromatic nitrogens is 1. The minimum atomic E-state index is 0.825. The van der Waals surface area contributed by atoms with Gasteiger partial charge in [-0.25, -0.2) is 0 Å². The molecule has 0 aliphatic carbocycles. The third-order valence-electron chi connectivity index (χ3n) is 3.52. The molecule has 1 heterocycles. The van der Waals surface area contributed by atoms with Crippen LogP contribution in [-0.2, 0) is 13.1 Å². The lowest BCUT2D eigenvalue weighted by atomic mass is 10.2. The first-order chi connectivity index (χ1) is 10.2. The first-order valence-corrected chi connectivity index (χ1v) is 7.61. The third kappa shape index (κ3) is 4.87. The summed E-state index contributed by atoms with van der Waals surface area (Å²) in [7, 11) is 2.10. The Hall–Kier alpha value is -1.87. The molecular weight excluding hydrogens is 258 g/mol. The van der Waals surface area contributed by atoms with Crippen LogP contribution in [-0.4, -0.2) is 18.6 Å². The van der Waals surface area contributed by atoms with Gasteiger partial charge in [-0.1, -0.05) is 30.7 Å². The Labute approximate surface area is 128 Å². The predicted octanol–water partition coefficient (Wildman–Crippen LogP) is 3.53. The number of nitrogens with zero attached hydrogens (tertiary/aromatic N) is 2. The van der Waals surface area contributed by atoms with E-state index in [1.807, 2.05) is 6.20 Å². The van der Waals surface area contributed by atoms with Crippen LogP contribution in [0.15, 0.2) is 42.6 Å². The molecule has 0 saturated heterocycles. The fraction of sp³-hybridized carbons (Fsp3) is 0.389. The molecular formula is C18H25N3. The fourth-order valence-electron chi connectivity index (χ4n) is 2.20. The van der Waals surface area contributed by atoms with Gasteiger partial charge in [0, 0.05) is 25.5 Å². The summed E-state index contributed by atoms with van der Waals surface area (Å²) in [4.78, 5) is 6.78. The van der Waals surface area contributed by atoms with Gasteiger partial charge in [-0.05, 0) is 43.7 Å². The van der Waals surface area contributed by atoms with Crippen LogP contribution < -0.4 is 10.2 Å². The van der Waals surface area contributed by atoms with Crippen LogP contribution in [0.4, 0.5) is 5.69 Å². The van der Waals surface area contributed by atoms with Crippen molar-refractivity contribution in [2.24, 2.45) is 0 Å². The summed E-state index contributed by atoms with van der Waals surface area (Å²) in [6.45, 7) is 7.06. The molecule has 0 unspecified atom stereocenters. The fourth-order valence-corrected chi connectivity index (χ4v) is 2.20. The van der Waals surface area contributed by atoms with Crippen molar-refractivity contribution in [3.05, 3.63) is 59.4 Å². The molecule has 21 heavy (non-hydrogen) atoms. The zero-order valence-corrected chi connectivity index (χ0v) is 13.3. The van der Waals surface area contributed by atoms with Crippen molar-refractivity contribution in [3.63, 3.8) is 0 Å². The van der Waals surface area contributed by atoms with Gasteiger partial charge in [-0.2, -0.15) is 0 Å². The van der Waals surface area contributed by atoms with Crippen LogP contribution in [0.1, 0.15) is 30.2 Å². The summed E-state index contributed by atoms with van der Waals surface area (Å²) in [5, 5.41) is 3.39. The zero-order chi connectivity index (χ0) is 15.1. The topological polar surface area (TPSA) is 28.2 Å². The van der Waals surface area contributed by atoms with Crippen LogP contribution in [0.2, 0.25) is 0 Å². The van der Waals surface area contributed by atoms with Gasteiger partial charge in [0.25, 0.3) is 0 Å². The first kappa shape index (κ1) is 15.5. The van der Waals surface area contributed by atoms with Crippen LogP contribution >= 0.6 is 0 Å². The highest BCUT2D eigenvalue weighted by atomic mass is 15.1. The number of benzene rings is 1. The van der Waals surface area contributed by atoms with E-state index < -0.39 is 0 Å². The van der Waals surface area contributed by atoms with Gasteiger partial charge in [-0.15, -0.1) is 0 Å². The molecule has 3 nitrogen and oxygen atoms in total. The summed E-state index contributed by atoms with van der Waals surface area (Å²) in [5.74, 6) is 0. The largest absolute Gasteiger partial charge is 0.369 e. The van der Waals surface area contributed by atoms with E-state index in [2.05, 4.69) is 72.5 Å². The number of hydrogen-bond acceptors (Lipinski definition) is 3. The average molecular weight is 283 g/mol. The molecule has 0 aliphatic rings. The SMILES string of the molecule is CCCNCc1ccc(CN(C)c2ccc(C)cc2)nc1. The van der Waals surface area contributed by atoms with E-state index in [0.717, 1.165) is 31.7 Å². The third-order valence-corrected chi connectivity index (χ3v) is 3.52. The molecule has 2 aromatic rings. The number of aryl methyl sites for hydroxylation is 1. The summed E-state index contributed by atoms with van der Waals surface area (Å²) >= 11 is 0. The lowest BCUT2D eigenvalue weighted by molar-refractivity contribution is 0.673. The minimum absolute atomic E-state index is 0.825. The molecule has 2 rings (SSSR count). The molecule has 0 fully saturated rings. The zero-order valence-electron chi connectivity index (χ0n) is 13.3. The molecule has 3 heteroatoms. The normalized spacial score (nSPS) is 10.6.